The molecule has 0 aliphatic heterocycles. The average Bonchev–Trinajstić information content (AvgIpc) is 3.14. The number of nitrogens with zero attached hydrogens (tertiary/aromatic N) is 5. The van der Waals surface area contributed by atoms with Crippen molar-refractivity contribution in [3.05, 3.63) is 48.2 Å². The van der Waals surface area contributed by atoms with Crippen molar-refractivity contribution in [1.82, 2.24) is 25.0 Å². The summed E-state index contributed by atoms with van der Waals surface area (Å²) in [6.45, 7) is 0.372. The van der Waals surface area contributed by atoms with Crippen molar-refractivity contribution < 1.29 is 4.74 Å². The van der Waals surface area contributed by atoms with Crippen LogP contribution in [-0.4, -0.2) is 25.0 Å². The normalized spacial score (nSPS) is 10.3. The average molecular weight is 280 g/mol. The first-order valence-electron chi connectivity index (χ1n) is 6.28. The molecule has 7 heteroatoms. The fourth-order valence-corrected chi connectivity index (χ4v) is 1.93. The molecule has 0 aliphatic carbocycles. The Morgan fingerprint density at radius 1 is 1.38 bits per heavy atom. The Balaban J connectivity index is 1.81. The van der Waals surface area contributed by atoms with E-state index in [2.05, 4.69) is 20.4 Å². The first-order chi connectivity index (χ1) is 10.3. The molecule has 2 heterocycles. The Bertz CT molecular complexity index is 798. The molecule has 0 atom stereocenters. The van der Waals surface area contributed by atoms with Crippen LogP contribution in [0.4, 0.5) is 0 Å². The van der Waals surface area contributed by atoms with E-state index in [1.807, 2.05) is 48.1 Å². The van der Waals surface area contributed by atoms with Crippen molar-refractivity contribution in [2.24, 2.45) is 7.05 Å². The van der Waals surface area contributed by atoms with Crippen LogP contribution in [0.25, 0.3) is 11.3 Å². The Labute approximate surface area is 120 Å². The summed E-state index contributed by atoms with van der Waals surface area (Å²) in [6.07, 6.45) is 3.59. The maximum atomic E-state index is 8.98. The molecule has 3 aromatic rings. The quantitative estimate of drug-likeness (QED) is 0.784. The van der Waals surface area contributed by atoms with Crippen molar-refractivity contribution in [2.45, 2.75) is 6.61 Å². The van der Waals surface area contributed by atoms with Crippen molar-refractivity contribution in [3.63, 3.8) is 0 Å². The van der Waals surface area contributed by atoms with E-state index in [1.54, 1.807) is 6.20 Å². The fourth-order valence-electron chi connectivity index (χ4n) is 1.93. The number of nitrogens with one attached hydrogen (secondary N) is 1. The molecule has 0 saturated carbocycles. The second-order valence-electron chi connectivity index (χ2n) is 4.40. The van der Waals surface area contributed by atoms with E-state index in [9.17, 15) is 0 Å². The summed E-state index contributed by atoms with van der Waals surface area (Å²) in [5.41, 5.74) is 1.55. The minimum atomic E-state index is 0.260. The molecular formula is C14H12N6O. The van der Waals surface area contributed by atoms with Crippen LogP contribution in [0, 0.1) is 11.3 Å². The van der Waals surface area contributed by atoms with Crippen LogP contribution < -0.4 is 4.74 Å². The highest BCUT2D eigenvalue weighted by Crippen LogP contribution is 2.24. The maximum Gasteiger partial charge on any atom is 0.190 e. The zero-order valence-electron chi connectivity index (χ0n) is 11.3. The van der Waals surface area contributed by atoms with Crippen LogP contribution in [0.1, 0.15) is 11.5 Å². The summed E-state index contributed by atoms with van der Waals surface area (Å²) in [5, 5.41) is 19.2. The minimum absolute atomic E-state index is 0.260. The summed E-state index contributed by atoms with van der Waals surface area (Å²) in [5.74, 6) is 1.52. The second kappa shape index (κ2) is 5.46. The van der Waals surface area contributed by atoms with E-state index in [0.717, 1.165) is 11.4 Å². The molecule has 21 heavy (non-hydrogen) atoms. The number of ether oxygens (including phenoxy) is 1. The summed E-state index contributed by atoms with van der Waals surface area (Å²) >= 11 is 0. The number of aromatic nitrogens is 5. The lowest BCUT2D eigenvalue weighted by atomic mass is 10.1. The van der Waals surface area contributed by atoms with Crippen molar-refractivity contribution in [2.75, 3.05) is 0 Å². The predicted octanol–water partition coefficient (Wildman–Crippen LogP) is 1.66. The molecule has 0 saturated heterocycles. The summed E-state index contributed by atoms with van der Waals surface area (Å²) < 4.78 is 7.62. The standard InChI is InChI=1S/C14H12N6O/c1-20-6-5-16-13(20)9-21-11-4-2-3-10(7-11)14-12(8-15)17-19-18-14/h2-7H,9H2,1H3,(H,17,18,19). The Hall–Kier alpha value is -3.14. The van der Waals surface area contributed by atoms with E-state index in [0.29, 0.717) is 18.1 Å². The highest BCUT2D eigenvalue weighted by molar-refractivity contribution is 5.65. The fraction of sp³-hybridized carbons (Fsp3) is 0.143. The molecule has 2 aromatic heterocycles. The van der Waals surface area contributed by atoms with Gasteiger partial charge >= 0.3 is 0 Å². The summed E-state index contributed by atoms with van der Waals surface area (Å²) in [7, 11) is 1.91. The van der Waals surface area contributed by atoms with Crippen LogP contribution in [0.5, 0.6) is 5.75 Å². The minimum Gasteiger partial charge on any atom is -0.486 e. The molecule has 3 rings (SSSR count). The molecule has 1 aromatic carbocycles. The van der Waals surface area contributed by atoms with Gasteiger partial charge in [0.2, 0.25) is 0 Å². The number of hydrogen-bond donors (Lipinski definition) is 1. The molecule has 0 bridgehead atoms. The molecule has 0 aliphatic rings. The zero-order valence-corrected chi connectivity index (χ0v) is 11.3. The zero-order chi connectivity index (χ0) is 14.7. The van der Waals surface area contributed by atoms with Crippen LogP contribution in [0.3, 0.4) is 0 Å². The molecule has 104 valence electrons. The summed E-state index contributed by atoms with van der Waals surface area (Å²) in [4.78, 5) is 4.20. The molecule has 0 amide bonds. The molecule has 0 fully saturated rings. The van der Waals surface area contributed by atoms with Crippen LogP contribution in [0.2, 0.25) is 0 Å². The number of aromatic amines is 1. The van der Waals surface area contributed by atoms with Crippen molar-refractivity contribution in [3.8, 4) is 23.1 Å². The largest absolute Gasteiger partial charge is 0.486 e. The first-order valence-corrected chi connectivity index (χ1v) is 6.28. The van der Waals surface area contributed by atoms with Gasteiger partial charge in [0.05, 0.1) is 0 Å². The van der Waals surface area contributed by atoms with Crippen LogP contribution >= 0.6 is 0 Å². The molecule has 1 N–H and O–H groups in total. The van der Waals surface area contributed by atoms with Gasteiger partial charge in [-0.25, -0.2) is 4.98 Å². The lowest BCUT2D eigenvalue weighted by Gasteiger charge is -2.07. The monoisotopic (exact) mass is 280 g/mol. The van der Waals surface area contributed by atoms with Crippen molar-refractivity contribution in [1.29, 1.82) is 5.26 Å². The number of benzene rings is 1. The van der Waals surface area contributed by atoms with Gasteiger partial charge in [-0.05, 0) is 12.1 Å². The third-order valence-electron chi connectivity index (χ3n) is 3.05. The summed E-state index contributed by atoms with van der Waals surface area (Å²) in [6, 6.07) is 9.36. The Morgan fingerprint density at radius 3 is 3.05 bits per heavy atom. The van der Waals surface area contributed by atoms with Gasteiger partial charge < -0.3 is 9.30 Å². The lowest BCUT2D eigenvalue weighted by molar-refractivity contribution is 0.292. The van der Waals surface area contributed by atoms with E-state index < -0.39 is 0 Å². The smallest absolute Gasteiger partial charge is 0.190 e. The molecule has 0 spiro atoms. The molecule has 0 unspecified atom stereocenters. The van der Waals surface area contributed by atoms with Crippen molar-refractivity contribution >= 4 is 0 Å². The number of aryl methyl sites for hydroxylation is 1. The highest BCUT2D eigenvalue weighted by Gasteiger charge is 2.10. The molecule has 7 nitrogen and oxygen atoms in total. The van der Waals surface area contributed by atoms with Gasteiger partial charge in [-0.3, -0.25) is 0 Å². The van der Waals surface area contributed by atoms with Gasteiger partial charge in [0, 0.05) is 25.0 Å². The number of nitriles is 1. The van der Waals surface area contributed by atoms with E-state index >= 15 is 0 Å². The van der Waals surface area contributed by atoms with Gasteiger partial charge in [0.1, 0.15) is 29.9 Å². The number of rotatable bonds is 4. The SMILES string of the molecule is Cn1ccnc1COc1cccc(-c2n[nH]nc2C#N)c1. The van der Waals surface area contributed by atoms with Crippen LogP contribution in [-0.2, 0) is 13.7 Å². The first kappa shape index (κ1) is 12.9. The van der Waals surface area contributed by atoms with E-state index in [1.165, 1.54) is 0 Å². The third-order valence-corrected chi connectivity index (χ3v) is 3.05. The molecular weight excluding hydrogens is 268 g/mol. The van der Waals surface area contributed by atoms with E-state index in [-0.39, 0.29) is 5.69 Å². The number of H-pyrrole nitrogens is 1. The number of imidazole rings is 1. The number of hydrogen-bond acceptors (Lipinski definition) is 5. The van der Waals surface area contributed by atoms with Gasteiger partial charge in [0.15, 0.2) is 5.69 Å². The van der Waals surface area contributed by atoms with Gasteiger partial charge in [-0.2, -0.15) is 15.6 Å². The molecule has 0 radical (unpaired) electrons. The Kier molecular flexibility index (Phi) is 3.35. The van der Waals surface area contributed by atoms with E-state index in [4.69, 9.17) is 10.00 Å². The van der Waals surface area contributed by atoms with Gasteiger partial charge in [-0.15, -0.1) is 5.10 Å². The second-order valence-corrected chi connectivity index (χ2v) is 4.40. The maximum absolute atomic E-state index is 8.98. The predicted molar refractivity (Wildman–Crippen MR) is 74.1 cm³/mol. The third kappa shape index (κ3) is 2.60. The van der Waals surface area contributed by atoms with Crippen LogP contribution in [0.15, 0.2) is 36.7 Å². The van der Waals surface area contributed by atoms with Gasteiger partial charge in [-0.1, -0.05) is 12.1 Å². The topological polar surface area (TPSA) is 92.4 Å². The lowest BCUT2D eigenvalue weighted by Crippen LogP contribution is -2.02. The van der Waals surface area contributed by atoms with Gasteiger partial charge in [0.25, 0.3) is 0 Å². The highest BCUT2D eigenvalue weighted by atomic mass is 16.5. The Morgan fingerprint density at radius 2 is 2.29 bits per heavy atom.